The van der Waals surface area contributed by atoms with Gasteiger partial charge in [-0.1, -0.05) is 13.8 Å². The first kappa shape index (κ1) is 14.9. The standard InChI is InChI=1S/C13H18N2O4S/c1-13(2)6-5-10(7-13)15-20(18,19)11-4-3-9(8-14-11)12(16)17/h3-4,8,10,15H,5-7H2,1-2H3,(H,16,17). The van der Waals surface area contributed by atoms with Gasteiger partial charge in [0.25, 0.3) is 10.0 Å². The Bertz CT molecular complexity index is 608. The first-order chi connectivity index (χ1) is 9.20. The summed E-state index contributed by atoms with van der Waals surface area (Å²) in [5.41, 5.74) is 0.110. The molecule has 0 aromatic carbocycles. The molecule has 0 radical (unpaired) electrons. The third-order valence-corrected chi connectivity index (χ3v) is 4.98. The average Bonchev–Trinajstić information content (AvgIpc) is 2.68. The summed E-state index contributed by atoms with van der Waals surface area (Å²) in [7, 11) is -3.69. The first-order valence-corrected chi connectivity index (χ1v) is 7.90. The van der Waals surface area contributed by atoms with Gasteiger partial charge in [0.2, 0.25) is 0 Å². The largest absolute Gasteiger partial charge is 0.478 e. The van der Waals surface area contributed by atoms with Gasteiger partial charge in [-0.15, -0.1) is 0 Å². The van der Waals surface area contributed by atoms with Crippen molar-refractivity contribution in [2.24, 2.45) is 5.41 Å². The molecule has 2 rings (SSSR count). The number of carbonyl (C=O) groups is 1. The lowest BCUT2D eigenvalue weighted by Gasteiger charge is -2.17. The highest BCUT2D eigenvalue weighted by Crippen LogP contribution is 2.37. The number of rotatable bonds is 4. The molecule has 0 amide bonds. The average molecular weight is 298 g/mol. The molecule has 2 N–H and O–H groups in total. The van der Waals surface area contributed by atoms with Gasteiger partial charge in [0.05, 0.1) is 5.56 Å². The summed E-state index contributed by atoms with van der Waals surface area (Å²) >= 11 is 0. The number of pyridine rings is 1. The zero-order chi connectivity index (χ0) is 15.0. The number of hydrogen-bond donors (Lipinski definition) is 2. The number of hydrogen-bond acceptors (Lipinski definition) is 4. The van der Waals surface area contributed by atoms with Gasteiger partial charge in [0, 0.05) is 12.2 Å². The first-order valence-electron chi connectivity index (χ1n) is 6.41. The van der Waals surface area contributed by atoms with E-state index in [9.17, 15) is 13.2 Å². The van der Waals surface area contributed by atoms with E-state index >= 15 is 0 Å². The molecule has 1 heterocycles. The summed E-state index contributed by atoms with van der Waals surface area (Å²) < 4.78 is 27.0. The molecule has 0 aliphatic heterocycles. The Morgan fingerprint density at radius 1 is 1.45 bits per heavy atom. The van der Waals surface area contributed by atoms with Crippen LogP contribution in [0.3, 0.4) is 0 Å². The molecule has 1 aromatic rings. The monoisotopic (exact) mass is 298 g/mol. The summed E-state index contributed by atoms with van der Waals surface area (Å²) in [6.07, 6.45) is 3.62. The predicted octanol–water partition coefficient (Wildman–Crippen LogP) is 1.64. The third kappa shape index (κ3) is 3.34. The lowest BCUT2D eigenvalue weighted by Crippen LogP contribution is -2.34. The maximum atomic E-state index is 12.2. The van der Waals surface area contributed by atoms with Gasteiger partial charge in [0.15, 0.2) is 5.03 Å². The molecule has 1 aliphatic rings. The molecule has 1 atom stereocenters. The second kappa shape index (κ2) is 5.14. The van der Waals surface area contributed by atoms with E-state index in [0.717, 1.165) is 25.5 Å². The molecule has 1 unspecified atom stereocenters. The summed E-state index contributed by atoms with van der Waals surface area (Å²) in [5.74, 6) is -1.13. The lowest BCUT2D eigenvalue weighted by atomic mass is 9.92. The molecule has 0 bridgehead atoms. The fraction of sp³-hybridized carbons (Fsp3) is 0.538. The molecule has 110 valence electrons. The number of nitrogens with one attached hydrogen (secondary N) is 1. The highest BCUT2D eigenvalue weighted by Gasteiger charge is 2.33. The van der Waals surface area contributed by atoms with Gasteiger partial charge in [0.1, 0.15) is 0 Å². The van der Waals surface area contributed by atoms with Crippen molar-refractivity contribution < 1.29 is 18.3 Å². The zero-order valence-corrected chi connectivity index (χ0v) is 12.3. The molecule has 0 spiro atoms. The number of carboxylic acids is 1. The predicted molar refractivity (Wildman–Crippen MR) is 72.9 cm³/mol. The molecule has 1 saturated carbocycles. The minimum absolute atomic E-state index is 0.0362. The maximum Gasteiger partial charge on any atom is 0.337 e. The van der Waals surface area contributed by atoms with Crippen LogP contribution >= 0.6 is 0 Å². The summed E-state index contributed by atoms with van der Waals surface area (Å²) in [6.45, 7) is 4.22. The highest BCUT2D eigenvalue weighted by atomic mass is 32.2. The second-order valence-corrected chi connectivity index (χ2v) is 7.58. The minimum atomic E-state index is -3.69. The highest BCUT2D eigenvalue weighted by molar-refractivity contribution is 7.89. The van der Waals surface area contributed by atoms with E-state index in [0.29, 0.717) is 0 Å². The van der Waals surface area contributed by atoms with Crippen LogP contribution in [0.5, 0.6) is 0 Å². The molecule has 1 fully saturated rings. The van der Waals surface area contributed by atoms with E-state index < -0.39 is 16.0 Å². The molecule has 0 saturated heterocycles. The van der Waals surface area contributed by atoms with E-state index in [4.69, 9.17) is 5.11 Å². The summed E-state index contributed by atoms with van der Waals surface area (Å²) in [6, 6.07) is 2.37. The van der Waals surface area contributed by atoms with E-state index in [-0.39, 0.29) is 22.0 Å². The van der Waals surface area contributed by atoms with Crippen molar-refractivity contribution in [2.45, 2.75) is 44.2 Å². The summed E-state index contributed by atoms with van der Waals surface area (Å²) in [5, 5.41) is 8.61. The van der Waals surface area contributed by atoms with Crippen LogP contribution in [-0.4, -0.2) is 30.5 Å². The minimum Gasteiger partial charge on any atom is -0.478 e. The number of aromatic nitrogens is 1. The molecule has 20 heavy (non-hydrogen) atoms. The number of carboxylic acid groups (broad SMARTS) is 1. The fourth-order valence-corrected chi connectivity index (χ4v) is 3.68. The van der Waals surface area contributed by atoms with Crippen LogP contribution in [0.4, 0.5) is 0 Å². The number of sulfonamides is 1. The van der Waals surface area contributed by atoms with Crippen LogP contribution in [0.25, 0.3) is 0 Å². The number of nitrogens with zero attached hydrogens (tertiary/aromatic N) is 1. The van der Waals surface area contributed by atoms with Crippen LogP contribution in [0.1, 0.15) is 43.5 Å². The second-order valence-electron chi connectivity index (χ2n) is 5.92. The number of aromatic carboxylic acids is 1. The fourth-order valence-electron chi connectivity index (χ4n) is 2.48. The molecule has 1 aromatic heterocycles. The Morgan fingerprint density at radius 2 is 2.15 bits per heavy atom. The Morgan fingerprint density at radius 3 is 2.60 bits per heavy atom. The molecule has 6 nitrogen and oxygen atoms in total. The van der Waals surface area contributed by atoms with Gasteiger partial charge < -0.3 is 5.11 Å². The van der Waals surface area contributed by atoms with E-state index in [2.05, 4.69) is 23.6 Å². The van der Waals surface area contributed by atoms with Crippen LogP contribution < -0.4 is 4.72 Å². The van der Waals surface area contributed by atoms with Crippen molar-refractivity contribution in [1.82, 2.24) is 9.71 Å². The van der Waals surface area contributed by atoms with Crippen LogP contribution in [0.2, 0.25) is 0 Å². The van der Waals surface area contributed by atoms with Crippen molar-refractivity contribution in [1.29, 1.82) is 0 Å². The molecular formula is C13H18N2O4S. The molecular weight excluding hydrogens is 280 g/mol. The van der Waals surface area contributed by atoms with Crippen molar-refractivity contribution in [2.75, 3.05) is 0 Å². The normalized spacial score (nSPS) is 21.8. The maximum absolute atomic E-state index is 12.2. The lowest BCUT2D eigenvalue weighted by molar-refractivity contribution is 0.0696. The Kier molecular flexibility index (Phi) is 3.84. The molecule has 7 heteroatoms. The van der Waals surface area contributed by atoms with Gasteiger partial charge in [-0.3, -0.25) is 0 Å². The van der Waals surface area contributed by atoms with Crippen LogP contribution in [-0.2, 0) is 10.0 Å². The van der Waals surface area contributed by atoms with E-state index in [1.54, 1.807) is 0 Å². The Balaban J connectivity index is 2.12. The van der Waals surface area contributed by atoms with Gasteiger partial charge in [-0.2, -0.15) is 0 Å². The van der Waals surface area contributed by atoms with Crippen molar-refractivity contribution >= 4 is 16.0 Å². The SMILES string of the molecule is CC1(C)CCC(NS(=O)(=O)c2ccc(C(=O)O)cn2)C1. The van der Waals surface area contributed by atoms with Crippen LogP contribution in [0.15, 0.2) is 23.4 Å². The summed E-state index contributed by atoms with van der Waals surface area (Å²) in [4.78, 5) is 14.4. The molecule has 1 aliphatic carbocycles. The van der Waals surface area contributed by atoms with Gasteiger partial charge >= 0.3 is 5.97 Å². The van der Waals surface area contributed by atoms with Crippen molar-refractivity contribution in [3.8, 4) is 0 Å². The van der Waals surface area contributed by atoms with Gasteiger partial charge in [-0.25, -0.2) is 22.9 Å². The van der Waals surface area contributed by atoms with Crippen molar-refractivity contribution in [3.63, 3.8) is 0 Å². The van der Waals surface area contributed by atoms with E-state index in [1.165, 1.54) is 12.1 Å². The Hall–Kier alpha value is -1.47. The van der Waals surface area contributed by atoms with Crippen LogP contribution in [0, 0.1) is 5.41 Å². The smallest absolute Gasteiger partial charge is 0.337 e. The van der Waals surface area contributed by atoms with E-state index in [1.807, 2.05) is 0 Å². The van der Waals surface area contributed by atoms with Crippen molar-refractivity contribution in [3.05, 3.63) is 23.9 Å². The third-order valence-electron chi connectivity index (χ3n) is 3.55. The quantitative estimate of drug-likeness (QED) is 0.880. The topological polar surface area (TPSA) is 96.4 Å². The Labute approximate surface area is 118 Å². The zero-order valence-electron chi connectivity index (χ0n) is 11.5. The van der Waals surface area contributed by atoms with Gasteiger partial charge in [-0.05, 0) is 36.8 Å².